The number of anilines is 2. The molecule has 0 aliphatic carbocycles. The third kappa shape index (κ3) is 6.45. The molecule has 0 bridgehead atoms. The lowest BCUT2D eigenvalue weighted by molar-refractivity contribution is -0.115. The number of carbonyl (C=O) groups is 1. The largest absolute Gasteiger partial charge is 0.396 e. The molecule has 106 valence electrons. The van der Waals surface area contributed by atoms with Crippen molar-refractivity contribution >= 4 is 29.0 Å². The molecule has 0 aliphatic rings. The molecule has 1 amide bonds. The summed E-state index contributed by atoms with van der Waals surface area (Å²) in [7, 11) is 4.04. The normalized spacial score (nSPS) is 10.7. The highest BCUT2D eigenvalue weighted by Gasteiger charge is 2.04. The van der Waals surface area contributed by atoms with Gasteiger partial charge in [0.2, 0.25) is 5.91 Å². The molecule has 1 rings (SSSR count). The first-order valence-corrected chi connectivity index (χ1v) is 7.22. The number of hydrogen-bond donors (Lipinski definition) is 2. The Kier molecular flexibility index (Phi) is 6.66. The fourth-order valence-electron chi connectivity index (χ4n) is 1.36. The number of nitrogens with one attached hydrogen (secondary N) is 1. The van der Waals surface area contributed by atoms with Gasteiger partial charge in [-0.15, -0.1) is 0 Å². The van der Waals surface area contributed by atoms with E-state index < -0.39 is 5.82 Å². The number of hydrogen-bond acceptors (Lipinski definition) is 4. The Morgan fingerprint density at radius 3 is 2.79 bits per heavy atom. The fraction of sp³-hybridized carbons (Fsp3) is 0.462. The smallest absolute Gasteiger partial charge is 0.225 e. The molecule has 0 aromatic heterocycles. The summed E-state index contributed by atoms with van der Waals surface area (Å²) in [6, 6.07) is 4.17. The molecule has 0 spiro atoms. The average molecular weight is 285 g/mol. The Bertz CT molecular complexity index is 426. The number of benzene rings is 1. The Labute approximate surface area is 117 Å². The van der Waals surface area contributed by atoms with Crippen LogP contribution in [-0.2, 0) is 4.79 Å². The van der Waals surface area contributed by atoms with Crippen LogP contribution in [0.2, 0.25) is 0 Å². The maximum atomic E-state index is 12.9. The second kappa shape index (κ2) is 8.01. The molecule has 6 heteroatoms. The lowest BCUT2D eigenvalue weighted by atomic mass is 10.2. The molecule has 0 aliphatic heterocycles. The third-order valence-corrected chi connectivity index (χ3v) is 3.40. The van der Waals surface area contributed by atoms with Crippen LogP contribution in [0.15, 0.2) is 18.2 Å². The van der Waals surface area contributed by atoms with Crippen molar-refractivity contribution in [1.29, 1.82) is 0 Å². The number of nitrogens with two attached hydrogens (primary N) is 1. The van der Waals surface area contributed by atoms with E-state index in [1.54, 1.807) is 11.8 Å². The van der Waals surface area contributed by atoms with Crippen LogP contribution in [0.3, 0.4) is 0 Å². The van der Waals surface area contributed by atoms with Gasteiger partial charge in [-0.3, -0.25) is 4.79 Å². The lowest BCUT2D eigenvalue weighted by Gasteiger charge is -2.09. The van der Waals surface area contributed by atoms with Crippen LogP contribution in [0.1, 0.15) is 6.42 Å². The number of halogens is 1. The summed E-state index contributed by atoms with van der Waals surface area (Å²) in [4.78, 5) is 13.7. The fourth-order valence-corrected chi connectivity index (χ4v) is 2.39. The highest BCUT2D eigenvalue weighted by atomic mass is 32.2. The van der Waals surface area contributed by atoms with E-state index in [-0.39, 0.29) is 11.6 Å². The first-order valence-electron chi connectivity index (χ1n) is 6.06. The highest BCUT2D eigenvalue weighted by Crippen LogP contribution is 2.16. The standard InChI is InChI=1S/C13H20FN3OS/c1-17(2)6-8-19-7-5-13(18)16-10-3-4-11(14)12(15)9-10/h3-4,9H,5-8,15H2,1-2H3,(H,16,18). The molecular formula is C13H20FN3OS. The summed E-state index contributed by atoms with van der Waals surface area (Å²) in [6.45, 7) is 1.00. The summed E-state index contributed by atoms with van der Waals surface area (Å²) in [5.74, 6) is 1.22. The van der Waals surface area contributed by atoms with Crippen molar-refractivity contribution in [3.05, 3.63) is 24.0 Å². The van der Waals surface area contributed by atoms with Crippen LogP contribution in [0, 0.1) is 5.82 Å². The molecule has 0 unspecified atom stereocenters. The van der Waals surface area contributed by atoms with Crippen LogP contribution < -0.4 is 11.1 Å². The Hall–Kier alpha value is -1.27. The Morgan fingerprint density at radius 2 is 2.16 bits per heavy atom. The molecule has 1 aromatic carbocycles. The zero-order valence-electron chi connectivity index (χ0n) is 11.3. The van der Waals surface area contributed by atoms with Crippen molar-refractivity contribution in [2.75, 3.05) is 43.2 Å². The number of amides is 1. The first-order chi connectivity index (χ1) is 8.99. The van der Waals surface area contributed by atoms with E-state index in [1.807, 2.05) is 14.1 Å². The van der Waals surface area contributed by atoms with Crippen LogP contribution in [0.25, 0.3) is 0 Å². The summed E-state index contributed by atoms with van der Waals surface area (Å²) >= 11 is 1.74. The maximum absolute atomic E-state index is 12.9. The Balaban J connectivity index is 2.25. The second-order valence-electron chi connectivity index (χ2n) is 4.45. The van der Waals surface area contributed by atoms with Crippen molar-refractivity contribution in [2.24, 2.45) is 0 Å². The number of carbonyl (C=O) groups excluding carboxylic acids is 1. The van der Waals surface area contributed by atoms with Gasteiger partial charge in [0.15, 0.2) is 0 Å². The average Bonchev–Trinajstić information content (AvgIpc) is 2.33. The summed E-state index contributed by atoms with van der Waals surface area (Å²) in [5, 5.41) is 2.70. The first kappa shape index (κ1) is 15.8. The van der Waals surface area contributed by atoms with Gasteiger partial charge in [0.1, 0.15) is 5.82 Å². The van der Waals surface area contributed by atoms with Crippen LogP contribution in [0.4, 0.5) is 15.8 Å². The molecular weight excluding hydrogens is 265 g/mol. The van der Waals surface area contributed by atoms with Crippen molar-refractivity contribution in [2.45, 2.75) is 6.42 Å². The highest BCUT2D eigenvalue weighted by molar-refractivity contribution is 7.99. The van der Waals surface area contributed by atoms with Crippen LogP contribution >= 0.6 is 11.8 Å². The van der Waals surface area contributed by atoms with Gasteiger partial charge in [0.25, 0.3) is 0 Å². The molecule has 0 saturated carbocycles. The van der Waals surface area contributed by atoms with Crippen molar-refractivity contribution in [3.8, 4) is 0 Å². The lowest BCUT2D eigenvalue weighted by Crippen LogP contribution is -2.16. The van der Waals surface area contributed by atoms with Gasteiger partial charge in [-0.25, -0.2) is 4.39 Å². The van der Waals surface area contributed by atoms with Gasteiger partial charge in [-0.05, 0) is 32.3 Å². The second-order valence-corrected chi connectivity index (χ2v) is 5.67. The van der Waals surface area contributed by atoms with Crippen molar-refractivity contribution in [1.82, 2.24) is 4.90 Å². The molecule has 19 heavy (non-hydrogen) atoms. The molecule has 0 saturated heterocycles. The van der Waals surface area contributed by atoms with E-state index in [0.717, 1.165) is 18.1 Å². The van der Waals surface area contributed by atoms with E-state index in [0.29, 0.717) is 12.1 Å². The number of thioether (sulfide) groups is 1. The van der Waals surface area contributed by atoms with Gasteiger partial charge in [-0.2, -0.15) is 11.8 Å². The molecule has 0 heterocycles. The predicted octanol–water partition coefficient (Wildman–Crippen LogP) is 2.03. The van der Waals surface area contributed by atoms with Gasteiger partial charge in [0.05, 0.1) is 5.69 Å². The quantitative estimate of drug-likeness (QED) is 0.594. The van der Waals surface area contributed by atoms with E-state index in [1.165, 1.54) is 18.2 Å². The SMILES string of the molecule is CN(C)CCSCCC(=O)Nc1ccc(F)c(N)c1. The van der Waals surface area contributed by atoms with Crippen molar-refractivity contribution < 1.29 is 9.18 Å². The summed E-state index contributed by atoms with van der Waals surface area (Å²) in [6.07, 6.45) is 0.440. The summed E-state index contributed by atoms with van der Waals surface area (Å²) in [5.41, 5.74) is 6.00. The molecule has 0 atom stereocenters. The van der Waals surface area contributed by atoms with Gasteiger partial charge in [0, 0.05) is 30.2 Å². The minimum absolute atomic E-state index is 0.0400. The zero-order chi connectivity index (χ0) is 14.3. The van der Waals surface area contributed by atoms with Gasteiger partial charge in [-0.1, -0.05) is 0 Å². The van der Waals surface area contributed by atoms with Gasteiger partial charge < -0.3 is 16.0 Å². The minimum Gasteiger partial charge on any atom is -0.396 e. The minimum atomic E-state index is -0.475. The van der Waals surface area contributed by atoms with E-state index >= 15 is 0 Å². The van der Waals surface area contributed by atoms with E-state index in [4.69, 9.17) is 5.73 Å². The van der Waals surface area contributed by atoms with Crippen molar-refractivity contribution in [3.63, 3.8) is 0 Å². The monoisotopic (exact) mass is 285 g/mol. The molecule has 3 N–H and O–H groups in total. The van der Waals surface area contributed by atoms with Gasteiger partial charge >= 0.3 is 0 Å². The molecule has 0 radical (unpaired) electrons. The topological polar surface area (TPSA) is 58.4 Å². The number of nitrogen functional groups attached to an aromatic ring is 1. The van der Waals surface area contributed by atoms with Crippen LogP contribution in [0.5, 0.6) is 0 Å². The molecule has 4 nitrogen and oxygen atoms in total. The Morgan fingerprint density at radius 1 is 1.42 bits per heavy atom. The number of rotatable bonds is 7. The van der Waals surface area contributed by atoms with Crippen LogP contribution in [-0.4, -0.2) is 43.0 Å². The van der Waals surface area contributed by atoms with E-state index in [2.05, 4.69) is 10.2 Å². The third-order valence-electron chi connectivity index (χ3n) is 2.44. The maximum Gasteiger partial charge on any atom is 0.225 e. The zero-order valence-corrected chi connectivity index (χ0v) is 12.1. The van der Waals surface area contributed by atoms with E-state index in [9.17, 15) is 9.18 Å². The predicted molar refractivity (Wildman–Crippen MR) is 79.9 cm³/mol. The molecule has 1 aromatic rings. The summed E-state index contributed by atoms with van der Waals surface area (Å²) < 4.78 is 12.9. The number of nitrogens with zero attached hydrogens (tertiary/aromatic N) is 1. The molecule has 0 fully saturated rings.